The number of hydrogen-bond donors (Lipinski definition) is 0. The Balaban J connectivity index is 1.53. The zero-order valence-corrected chi connectivity index (χ0v) is 13.2. The van der Waals surface area contributed by atoms with Crippen molar-refractivity contribution < 1.29 is 4.79 Å². The maximum atomic E-state index is 12.1. The van der Waals surface area contributed by atoms with Crippen molar-refractivity contribution >= 4 is 11.6 Å². The minimum absolute atomic E-state index is 0.368. The third kappa shape index (κ3) is 3.58. The second-order valence-electron chi connectivity index (χ2n) is 6.76. The summed E-state index contributed by atoms with van der Waals surface area (Å²) in [5.41, 5.74) is 2.67. The van der Waals surface area contributed by atoms with Crippen LogP contribution in [0.1, 0.15) is 44.6 Å². The Morgan fingerprint density at radius 3 is 2.24 bits per heavy atom. The largest absolute Gasteiger partial charge is 0.368 e. The van der Waals surface area contributed by atoms with Gasteiger partial charge in [0.05, 0.1) is 0 Å². The molecule has 21 heavy (non-hydrogen) atoms. The first kappa shape index (κ1) is 14.4. The van der Waals surface area contributed by atoms with Crippen LogP contribution in [0.4, 0.5) is 5.69 Å². The van der Waals surface area contributed by atoms with Crippen molar-refractivity contribution in [1.82, 2.24) is 4.90 Å². The predicted octanol–water partition coefficient (Wildman–Crippen LogP) is 3.26. The van der Waals surface area contributed by atoms with Crippen molar-refractivity contribution in [2.24, 2.45) is 5.92 Å². The van der Waals surface area contributed by atoms with Gasteiger partial charge in [-0.3, -0.25) is 4.79 Å². The van der Waals surface area contributed by atoms with Gasteiger partial charge in [0.1, 0.15) is 0 Å². The molecule has 0 N–H and O–H groups in total. The molecule has 0 radical (unpaired) electrons. The second kappa shape index (κ2) is 6.08. The molecule has 1 aromatic rings. The van der Waals surface area contributed by atoms with Crippen LogP contribution in [-0.4, -0.2) is 37.0 Å². The highest BCUT2D eigenvalue weighted by Gasteiger charge is 2.28. The highest BCUT2D eigenvalue weighted by Crippen LogP contribution is 2.33. The quantitative estimate of drug-likeness (QED) is 0.848. The molecule has 1 saturated heterocycles. The summed E-state index contributed by atoms with van der Waals surface area (Å²) in [5, 5.41) is 0. The topological polar surface area (TPSA) is 23.6 Å². The first-order valence-electron chi connectivity index (χ1n) is 8.26. The van der Waals surface area contributed by atoms with E-state index in [1.54, 1.807) is 0 Å². The monoisotopic (exact) mass is 286 g/mol. The predicted molar refractivity (Wildman–Crippen MR) is 86.7 cm³/mol. The van der Waals surface area contributed by atoms with Crippen LogP contribution >= 0.6 is 0 Å². The highest BCUT2D eigenvalue weighted by atomic mass is 16.2. The van der Waals surface area contributed by atoms with Crippen molar-refractivity contribution in [1.29, 1.82) is 0 Å². The van der Waals surface area contributed by atoms with E-state index in [-0.39, 0.29) is 0 Å². The van der Waals surface area contributed by atoms with Crippen molar-refractivity contribution in [3.63, 3.8) is 0 Å². The van der Waals surface area contributed by atoms with Crippen LogP contribution in [0.3, 0.4) is 0 Å². The summed E-state index contributed by atoms with van der Waals surface area (Å²) in [6, 6.07) is 8.89. The number of piperazine rings is 1. The summed E-state index contributed by atoms with van der Waals surface area (Å²) in [5.74, 6) is 1.64. The van der Waals surface area contributed by atoms with Gasteiger partial charge in [-0.05, 0) is 42.4 Å². The molecule has 1 aliphatic heterocycles. The Kier molecular flexibility index (Phi) is 4.18. The molecular formula is C18H26N2O. The number of amides is 1. The summed E-state index contributed by atoms with van der Waals surface area (Å²) in [6.45, 7) is 8.10. The second-order valence-corrected chi connectivity index (χ2v) is 6.76. The van der Waals surface area contributed by atoms with Gasteiger partial charge in [-0.2, -0.15) is 0 Å². The van der Waals surface area contributed by atoms with E-state index in [0.29, 0.717) is 17.7 Å². The summed E-state index contributed by atoms with van der Waals surface area (Å²) in [7, 11) is 0. The van der Waals surface area contributed by atoms with Crippen molar-refractivity contribution in [3.05, 3.63) is 29.8 Å². The zero-order valence-electron chi connectivity index (χ0n) is 13.2. The number of hydrogen-bond acceptors (Lipinski definition) is 2. The van der Waals surface area contributed by atoms with Crippen LogP contribution in [0.15, 0.2) is 24.3 Å². The van der Waals surface area contributed by atoms with Crippen LogP contribution in [0.2, 0.25) is 0 Å². The minimum Gasteiger partial charge on any atom is -0.368 e. The maximum Gasteiger partial charge on any atom is 0.222 e. The smallest absolute Gasteiger partial charge is 0.222 e. The fraction of sp³-hybridized carbons (Fsp3) is 0.611. The van der Waals surface area contributed by atoms with Gasteiger partial charge in [0, 0.05) is 38.3 Å². The molecule has 0 atom stereocenters. The standard InChI is InChI=1S/C18H26N2O/c1-14(2)16-5-7-17(8-6-16)19-9-11-20(12-10-19)18(21)13-15-3-4-15/h5-8,14-15H,3-4,9-13H2,1-2H3. The lowest BCUT2D eigenvalue weighted by atomic mass is 10.0. The van der Waals surface area contributed by atoms with Gasteiger partial charge in [-0.1, -0.05) is 26.0 Å². The first-order chi connectivity index (χ1) is 10.1. The number of carbonyl (C=O) groups is 1. The Labute approximate surface area is 127 Å². The molecule has 1 heterocycles. The van der Waals surface area contributed by atoms with Gasteiger partial charge in [-0.15, -0.1) is 0 Å². The van der Waals surface area contributed by atoms with E-state index in [4.69, 9.17) is 0 Å². The van der Waals surface area contributed by atoms with Gasteiger partial charge in [0.15, 0.2) is 0 Å². The van der Waals surface area contributed by atoms with Gasteiger partial charge >= 0.3 is 0 Å². The van der Waals surface area contributed by atoms with Crippen LogP contribution in [-0.2, 0) is 4.79 Å². The van der Waals surface area contributed by atoms with Gasteiger partial charge in [0.25, 0.3) is 0 Å². The van der Waals surface area contributed by atoms with Crippen LogP contribution in [0, 0.1) is 5.92 Å². The number of rotatable bonds is 4. The van der Waals surface area contributed by atoms with E-state index in [2.05, 4.69) is 47.9 Å². The molecule has 1 saturated carbocycles. The molecule has 0 unspecified atom stereocenters. The number of nitrogens with zero attached hydrogens (tertiary/aromatic N) is 2. The van der Waals surface area contributed by atoms with Gasteiger partial charge in [-0.25, -0.2) is 0 Å². The summed E-state index contributed by atoms with van der Waals surface area (Å²) >= 11 is 0. The third-order valence-electron chi connectivity index (χ3n) is 4.72. The van der Waals surface area contributed by atoms with E-state index in [9.17, 15) is 4.79 Å². The lowest BCUT2D eigenvalue weighted by Gasteiger charge is -2.36. The molecule has 1 aromatic carbocycles. The number of anilines is 1. The van der Waals surface area contributed by atoms with E-state index in [0.717, 1.165) is 32.6 Å². The van der Waals surface area contributed by atoms with Crippen LogP contribution in [0.5, 0.6) is 0 Å². The minimum atomic E-state index is 0.368. The molecule has 114 valence electrons. The Bertz CT molecular complexity index is 482. The Morgan fingerprint density at radius 2 is 1.71 bits per heavy atom. The van der Waals surface area contributed by atoms with E-state index < -0.39 is 0 Å². The first-order valence-corrected chi connectivity index (χ1v) is 8.26. The molecule has 3 heteroatoms. The third-order valence-corrected chi connectivity index (χ3v) is 4.72. The van der Waals surface area contributed by atoms with E-state index in [1.165, 1.54) is 24.1 Å². The molecule has 1 amide bonds. The summed E-state index contributed by atoms with van der Waals surface area (Å²) in [4.78, 5) is 16.6. The average molecular weight is 286 g/mol. The molecule has 3 nitrogen and oxygen atoms in total. The lowest BCUT2D eigenvalue weighted by Crippen LogP contribution is -2.48. The number of carbonyl (C=O) groups excluding carboxylic acids is 1. The molecule has 0 spiro atoms. The van der Waals surface area contributed by atoms with Crippen molar-refractivity contribution in [3.8, 4) is 0 Å². The normalized spacial score (nSPS) is 19.2. The molecule has 2 aliphatic rings. The molecule has 0 aromatic heterocycles. The molecule has 3 rings (SSSR count). The summed E-state index contributed by atoms with van der Waals surface area (Å²) < 4.78 is 0. The molecule has 0 bridgehead atoms. The van der Waals surface area contributed by atoms with E-state index >= 15 is 0 Å². The SMILES string of the molecule is CC(C)c1ccc(N2CCN(C(=O)CC3CC3)CC2)cc1. The lowest BCUT2D eigenvalue weighted by molar-refractivity contribution is -0.131. The molecule has 1 aliphatic carbocycles. The van der Waals surface area contributed by atoms with Crippen LogP contribution in [0.25, 0.3) is 0 Å². The Morgan fingerprint density at radius 1 is 1.10 bits per heavy atom. The fourth-order valence-electron chi connectivity index (χ4n) is 2.98. The van der Waals surface area contributed by atoms with Gasteiger partial charge in [0.2, 0.25) is 5.91 Å². The zero-order chi connectivity index (χ0) is 14.8. The van der Waals surface area contributed by atoms with E-state index in [1.807, 2.05) is 0 Å². The maximum absolute atomic E-state index is 12.1. The molecular weight excluding hydrogens is 260 g/mol. The highest BCUT2D eigenvalue weighted by molar-refractivity contribution is 5.77. The average Bonchev–Trinajstić information content (AvgIpc) is 3.31. The summed E-state index contributed by atoms with van der Waals surface area (Å²) in [6.07, 6.45) is 3.30. The molecule has 2 fully saturated rings. The van der Waals surface area contributed by atoms with Crippen LogP contribution < -0.4 is 4.90 Å². The Hall–Kier alpha value is -1.51. The van der Waals surface area contributed by atoms with Gasteiger partial charge < -0.3 is 9.80 Å². The fourth-order valence-corrected chi connectivity index (χ4v) is 2.98. The van der Waals surface area contributed by atoms with Crippen molar-refractivity contribution in [2.45, 2.75) is 39.0 Å². The van der Waals surface area contributed by atoms with Crippen molar-refractivity contribution in [2.75, 3.05) is 31.1 Å². The number of benzene rings is 1.